The van der Waals surface area contributed by atoms with Crippen molar-refractivity contribution >= 4 is 6.29 Å². The fraction of sp³-hybridized carbons (Fsp3) is 0.923. The molecule has 2 fully saturated rings. The van der Waals surface area contributed by atoms with E-state index in [1.165, 1.54) is 19.1 Å². The van der Waals surface area contributed by atoms with Crippen molar-refractivity contribution in [1.82, 2.24) is 4.90 Å². The lowest BCUT2D eigenvalue weighted by atomic mass is 9.87. The molecular weight excluding hydrogens is 202 g/mol. The van der Waals surface area contributed by atoms with Crippen LogP contribution in [0.5, 0.6) is 0 Å². The molecule has 92 valence electrons. The number of carbonyl (C=O) groups is 1. The molecule has 2 aliphatic rings. The molecule has 1 heterocycles. The van der Waals surface area contributed by atoms with E-state index in [1.54, 1.807) is 0 Å². The van der Waals surface area contributed by atoms with Gasteiger partial charge in [-0.1, -0.05) is 12.8 Å². The highest BCUT2D eigenvalue weighted by atomic mass is 16.5. The first kappa shape index (κ1) is 12.1. The van der Waals surface area contributed by atoms with Gasteiger partial charge in [-0.25, -0.2) is 0 Å². The zero-order chi connectivity index (χ0) is 11.4. The predicted octanol–water partition coefficient (Wildman–Crippen LogP) is 1.86. The average Bonchev–Trinajstić information content (AvgIpc) is 2.64. The summed E-state index contributed by atoms with van der Waals surface area (Å²) in [4.78, 5) is 13.7. The maximum absolute atomic E-state index is 11.3. The van der Waals surface area contributed by atoms with Crippen LogP contribution in [0.2, 0.25) is 0 Å². The Morgan fingerprint density at radius 2 is 2.12 bits per heavy atom. The van der Waals surface area contributed by atoms with Crippen LogP contribution in [0.25, 0.3) is 0 Å². The fourth-order valence-corrected chi connectivity index (χ4v) is 3.06. The van der Waals surface area contributed by atoms with Gasteiger partial charge in [0.1, 0.15) is 6.29 Å². The van der Waals surface area contributed by atoms with Crippen LogP contribution in [0.1, 0.15) is 39.0 Å². The molecule has 3 heteroatoms. The molecule has 0 aromatic carbocycles. The minimum atomic E-state index is -0.0376. The van der Waals surface area contributed by atoms with Crippen molar-refractivity contribution in [2.75, 3.05) is 26.2 Å². The number of hydrogen-bond acceptors (Lipinski definition) is 3. The molecule has 0 bridgehead atoms. The Bertz CT molecular complexity index is 236. The summed E-state index contributed by atoms with van der Waals surface area (Å²) in [7, 11) is 0. The molecule has 0 N–H and O–H groups in total. The molecule has 2 rings (SSSR count). The van der Waals surface area contributed by atoms with Gasteiger partial charge in [0.2, 0.25) is 0 Å². The lowest BCUT2D eigenvalue weighted by Crippen LogP contribution is -2.40. The van der Waals surface area contributed by atoms with Gasteiger partial charge in [0, 0.05) is 31.7 Å². The van der Waals surface area contributed by atoms with Gasteiger partial charge < -0.3 is 9.53 Å². The predicted molar refractivity (Wildman–Crippen MR) is 63.4 cm³/mol. The minimum absolute atomic E-state index is 0.0376. The van der Waals surface area contributed by atoms with E-state index in [1.807, 2.05) is 0 Å². The number of nitrogens with zero attached hydrogens (tertiary/aromatic N) is 1. The number of carbonyl (C=O) groups excluding carboxylic acids is 1. The highest BCUT2D eigenvalue weighted by Gasteiger charge is 2.35. The lowest BCUT2D eigenvalue weighted by Gasteiger charge is -2.31. The molecule has 3 nitrogen and oxygen atoms in total. The Balaban J connectivity index is 1.93. The molecule has 1 saturated heterocycles. The molecule has 1 atom stereocenters. The number of aldehydes is 1. The van der Waals surface area contributed by atoms with Crippen molar-refractivity contribution in [2.24, 2.45) is 5.41 Å². The Kier molecular flexibility index (Phi) is 3.98. The van der Waals surface area contributed by atoms with E-state index in [0.29, 0.717) is 6.10 Å². The summed E-state index contributed by atoms with van der Waals surface area (Å²) in [6.45, 7) is 6.01. The Morgan fingerprint density at radius 1 is 1.38 bits per heavy atom. The largest absolute Gasteiger partial charge is 0.377 e. The van der Waals surface area contributed by atoms with Crippen molar-refractivity contribution in [3.05, 3.63) is 0 Å². The highest BCUT2D eigenvalue weighted by Crippen LogP contribution is 2.37. The molecule has 1 aliphatic heterocycles. The summed E-state index contributed by atoms with van der Waals surface area (Å²) >= 11 is 0. The van der Waals surface area contributed by atoms with E-state index >= 15 is 0 Å². The molecule has 0 aromatic heterocycles. The number of hydrogen-bond donors (Lipinski definition) is 0. The lowest BCUT2D eigenvalue weighted by molar-refractivity contribution is -0.117. The molecule has 1 unspecified atom stereocenters. The second-order valence-electron chi connectivity index (χ2n) is 5.46. The highest BCUT2D eigenvalue weighted by molar-refractivity contribution is 5.60. The Morgan fingerprint density at radius 3 is 2.81 bits per heavy atom. The van der Waals surface area contributed by atoms with Gasteiger partial charge in [-0.15, -0.1) is 0 Å². The van der Waals surface area contributed by atoms with Crippen LogP contribution in [0, 0.1) is 5.41 Å². The molecular formula is C13H23NO2. The third-order valence-corrected chi connectivity index (χ3v) is 3.92. The van der Waals surface area contributed by atoms with Crippen LogP contribution in [-0.4, -0.2) is 43.5 Å². The van der Waals surface area contributed by atoms with E-state index in [4.69, 9.17) is 4.74 Å². The van der Waals surface area contributed by atoms with Crippen molar-refractivity contribution in [3.63, 3.8) is 0 Å². The first-order valence-electron chi connectivity index (χ1n) is 6.54. The average molecular weight is 225 g/mol. The van der Waals surface area contributed by atoms with Crippen molar-refractivity contribution < 1.29 is 9.53 Å². The molecule has 16 heavy (non-hydrogen) atoms. The Labute approximate surface area is 98.1 Å². The fourth-order valence-electron chi connectivity index (χ4n) is 3.06. The van der Waals surface area contributed by atoms with Crippen LogP contribution >= 0.6 is 0 Å². The van der Waals surface area contributed by atoms with Gasteiger partial charge >= 0.3 is 0 Å². The quantitative estimate of drug-likeness (QED) is 0.687. The SMILES string of the molecule is CC1CN(CC2(C=O)CCCC2)CCCO1. The molecule has 1 saturated carbocycles. The number of ether oxygens (including phenoxy) is 1. The van der Waals surface area contributed by atoms with Gasteiger partial charge in [0.25, 0.3) is 0 Å². The van der Waals surface area contributed by atoms with Crippen LogP contribution in [0.15, 0.2) is 0 Å². The normalized spacial score (nSPS) is 31.2. The van der Waals surface area contributed by atoms with Crippen LogP contribution in [0.4, 0.5) is 0 Å². The van der Waals surface area contributed by atoms with E-state index in [2.05, 4.69) is 11.8 Å². The second kappa shape index (κ2) is 5.28. The standard InChI is InChI=1S/C13H23NO2/c1-12-9-14(7-4-8-16-12)10-13(11-15)5-2-3-6-13/h11-12H,2-10H2,1H3. The van der Waals surface area contributed by atoms with Crippen LogP contribution in [0.3, 0.4) is 0 Å². The topological polar surface area (TPSA) is 29.5 Å². The maximum Gasteiger partial charge on any atom is 0.127 e. The first-order valence-corrected chi connectivity index (χ1v) is 6.54. The van der Waals surface area contributed by atoms with Crippen molar-refractivity contribution in [3.8, 4) is 0 Å². The monoisotopic (exact) mass is 225 g/mol. The van der Waals surface area contributed by atoms with Crippen molar-refractivity contribution in [2.45, 2.75) is 45.1 Å². The molecule has 0 aromatic rings. The second-order valence-corrected chi connectivity index (χ2v) is 5.46. The van der Waals surface area contributed by atoms with Gasteiger partial charge in [0.05, 0.1) is 6.10 Å². The minimum Gasteiger partial charge on any atom is -0.377 e. The number of rotatable bonds is 3. The van der Waals surface area contributed by atoms with Crippen LogP contribution in [-0.2, 0) is 9.53 Å². The zero-order valence-corrected chi connectivity index (χ0v) is 10.3. The summed E-state index contributed by atoms with van der Waals surface area (Å²) < 4.78 is 5.63. The Hall–Kier alpha value is -0.410. The van der Waals surface area contributed by atoms with Crippen LogP contribution < -0.4 is 0 Å². The third-order valence-electron chi connectivity index (χ3n) is 3.92. The first-order chi connectivity index (χ1) is 7.74. The van der Waals surface area contributed by atoms with E-state index in [-0.39, 0.29) is 5.41 Å². The third kappa shape index (κ3) is 2.83. The van der Waals surface area contributed by atoms with Gasteiger partial charge in [-0.3, -0.25) is 4.90 Å². The van der Waals surface area contributed by atoms with E-state index in [0.717, 1.165) is 45.5 Å². The van der Waals surface area contributed by atoms with E-state index < -0.39 is 0 Å². The van der Waals surface area contributed by atoms with Gasteiger partial charge in [0.15, 0.2) is 0 Å². The van der Waals surface area contributed by atoms with Gasteiger partial charge in [-0.05, 0) is 26.2 Å². The summed E-state index contributed by atoms with van der Waals surface area (Å²) in [6, 6.07) is 0. The molecule has 0 amide bonds. The summed E-state index contributed by atoms with van der Waals surface area (Å²) in [5.41, 5.74) is -0.0376. The molecule has 0 spiro atoms. The van der Waals surface area contributed by atoms with E-state index in [9.17, 15) is 4.79 Å². The summed E-state index contributed by atoms with van der Waals surface area (Å²) in [6.07, 6.45) is 7.24. The van der Waals surface area contributed by atoms with Gasteiger partial charge in [-0.2, -0.15) is 0 Å². The zero-order valence-electron chi connectivity index (χ0n) is 10.3. The molecule has 1 aliphatic carbocycles. The van der Waals surface area contributed by atoms with Crippen molar-refractivity contribution in [1.29, 1.82) is 0 Å². The smallest absolute Gasteiger partial charge is 0.127 e. The molecule has 0 radical (unpaired) electrons. The summed E-state index contributed by atoms with van der Waals surface area (Å²) in [5, 5.41) is 0. The summed E-state index contributed by atoms with van der Waals surface area (Å²) in [5.74, 6) is 0. The maximum atomic E-state index is 11.3.